The first-order valence-electron chi connectivity index (χ1n) is 8.14. The number of aromatic nitrogens is 3. The number of carbonyl (C=O) groups is 1. The Morgan fingerprint density at radius 2 is 1.93 bits per heavy atom. The van der Waals surface area contributed by atoms with Crippen molar-refractivity contribution in [3.63, 3.8) is 0 Å². The third-order valence-corrected chi connectivity index (χ3v) is 4.18. The number of anilines is 1. The number of fused-ring (bicyclic) bond motifs is 3. The van der Waals surface area contributed by atoms with E-state index >= 15 is 0 Å². The van der Waals surface area contributed by atoms with Gasteiger partial charge in [0.25, 0.3) is 0 Å². The van der Waals surface area contributed by atoms with Crippen molar-refractivity contribution in [1.29, 1.82) is 0 Å². The third kappa shape index (κ3) is 3.31. The molecule has 0 N–H and O–H groups in total. The molecule has 3 rings (SSSR count). The van der Waals surface area contributed by atoms with Gasteiger partial charge in [-0.3, -0.25) is 4.90 Å². The second-order valence-corrected chi connectivity index (χ2v) is 7.52. The lowest BCUT2D eigenvalue weighted by Crippen LogP contribution is -2.46. The lowest BCUT2D eigenvalue weighted by Gasteiger charge is -2.29. The predicted molar refractivity (Wildman–Crippen MR) is 86.6 cm³/mol. The van der Waals surface area contributed by atoms with Gasteiger partial charge in [-0.1, -0.05) is 0 Å². The van der Waals surface area contributed by atoms with Crippen molar-refractivity contribution in [1.82, 2.24) is 14.6 Å². The Hall–Kier alpha value is -2.66. The lowest BCUT2D eigenvalue weighted by molar-refractivity contribution is -0.181. The number of rotatable bonds is 2. The van der Waals surface area contributed by atoms with Crippen LogP contribution in [0.5, 0.6) is 5.88 Å². The molecule has 1 aliphatic heterocycles. The summed E-state index contributed by atoms with van der Waals surface area (Å²) < 4.78 is 76.9. The number of alkyl halides is 5. The highest BCUT2D eigenvalue weighted by Crippen LogP contribution is 2.50. The molecule has 0 spiro atoms. The molecule has 7 nitrogen and oxygen atoms in total. The van der Waals surface area contributed by atoms with Gasteiger partial charge in [-0.25, -0.2) is 14.3 Å². The molecular formula is C16H17F5N4O3. The van der Waals surface area contributed by atoms with E-state index in [2.05, 4.69) is 14.8 Å². The molecule has 2 aromatic rings. The van der Waals surface area contributed by atoms with Crippen LogP contribution in [-0.2, 0) is 10.2 Å². The summed E-state index contributed by atoms with van der Waals surface area (Å²) in [5.74, 6) is -0.587. The molecule has 2 aromatic heterocycles. The average molecular weight is 408 g/mol. The highest BCUT2D eigenvalue weighted by molar-refractivity contribution is 5.91. The van der Waals surface area contributed by atoms with Crippen molar-refractivity contribution in [3.8, 4) is 5.88 Å². The van der Waals surface area contributed by atoms with E-state index in [9.17, 15) is 26.7 Å². The minimum Gasteiger partial charge on any atom is -0.443 e. The van der Waals surface area contributed by atoms with E-state index in [0.29, 0.717) is 0 Å². The summed E-state index contributed by atoms with van der Waals surface area (Å²) in [5, 5.41) is 3.67. The zero-order valence-corrected chi connectivity index (χ0v) is 15.3. The summed E-state index contributed by atoms with van der Waals surface area (Å²) in [7, 11) is 0. The van der Waals surface area contributed by atoms with E-state index in [0.717, 1.165) is 28.6 Å². The van der Waals surface area contributed by atoms with Crippen LogP contribution in [0, 0.1) is 0 Å². The summed E-state index contributed by atoms with van der Waals surface area (Å²) in [6, 6.07) is 0.985. The minimum absolute atomic E-state index is 0.129. The number of halogens is 5. The molecule has 0 saturated heterocycles. The van der Waals surface area contributed by atoms with Crippen LogP contribution < -0.4 is 9.64 Å². The highest BCUT2D eigenvalue weighted by Gasteiger charge is 2.61. The fraction of sp³-hybridized carbons (Fsp3) is 0.562. The molecule has 0 radical (unpaired) electrons. The summed E-state index contributed by atoms with van der Waals surface area (Å²) in [6.45, 7) is 1.65. The zero-order chi connectivity index (χ0) is 21.1. The maximum atomic E-state index is 14.0. The van der Waals surface area contributed by atoms with Crippen molar-refractivity contribution < 1.29 is 36.2 Å². The predicted octanol–water partition coefficient (Wildman–Crippen LogP) is 3.91. The number of ether oxygens (including phenoxy) is 2. The van der Waals surface area contributed by atoms with Crippen LogP contribution >= 0.6 is 0 Å². The molecule has 12 heteroatoms. The van der Waals surface area contributed by atoms with Gasteiger partial charge in [-0.15, -0.1) is 5.10 Å². The molecule has 1 aliphatic rings. The first kappa shape index (κ1) is 20.1. The van der Waals surface area contributed by atoms with Gasteiger partial charge >= 0.3 is 18.9 Å². The Balaban J connectivity index is 2.18. The second-order valence-electron chi connectivity index (χ2n) is 7.52. The summed E-state index contributed by atoms with van der Waals surface area (Å²) in [6.07, 6.45) is -4.71. The Morgan fingerprint density at radius 1 is 1.29 bits per heavy atom. The van der Waals surface area contributed by atoms with E-state index in [1.807, 2.05) is 0 Å². The SMILES string of the molecule is CC(C)(C)OC(=O)N1CC(C)(C(F)(F)F)c2c1cnc1cc(OC(F)F)nn21. The number of hydrogen-bond acceptors (Lipinski definition) is 5. The smallest absolute Gasteiger partial charge is 0.414 e. The van der Waals surface area contributed by atoms with Crippen LogP contribution in [0.4, 0.5) is 32.4 Å². The van der Waals surface area contributed by atoms with Gasteiger partial charge in [0.2, 0.25) is 5.88 Å². The van der Waals surface area contributed by atoms with Crippen LogP contribution in [0.15, 0.2) is 12.3 Å². The highest BCUT2D eigenvalue weighted by atomic mass is 19.4. The molecule has 3 heterocycles. The van der Waals surface area contributed by atoms with Crippen molar-refractivity contribution in [2.24, 2.45) is 0 Å². The second kappa shape index (κ2) is 6.17. The van der Waals surface area contributed by atoms with E-state index < -0.39 is 48.0 Å². The van der Waals surface area contributed by atoms with Gasteiger partial charge in [-0.05, 0) is 27.7 Å². The zero-order valence-electron chi connectivity index (χ0n) is 15.3. The van der Waals surface area contributed by atoms with Crippen molar-refractivity contribution in [2.45, 2.75) is 51.5 Å². The Kier molecular flexibility index (Phi) is 4.43. The minimum atomic E-state index is -4.78. The summed E-state index contributed by atoms with van der Waals surface area (Å²) in [5.41, 5.74) is -4.19. The standard InChI is InChI=1S/C16H17F5N4O3/c1-14(2,3)28-13(26)24-7-15(4,16(19,20)21)11-8(24)6-22-9-5-10(23-25(9)11)27-12(17)18/h5-6,12H,7H2,1-4H3. The Morgan fingerprint density at radius 3 is 2.46 bits per heavy atom. The molecule has 0 bridgehead atoms. The van der Waals surface area contributed by atoms with E-state index in [1.165, 1.54) is 0 Å². The maximum Gasteiger partial charge on any atom is 0.414 e. The average Bonchev–Trinajstić information content (AvgIpc) is 3.03. The number of amides is 1. The van der Waals surface area contributed by atoms with Gasteiger partial charge in [0.05, 0.1) is 17.6 Å². The fourth-order valence-electron chi connectivity index (χ4n) is 2.95. The molecular weight excluding hydrogens is 391 g/mol. The molecule has 0 aromatic carbocycles. The van der Waals surface area contributed by atoms with E-state index in [-0.39, 0.29) is 11.3 Å². The third-order valence-electron chi connectivity index (χ3n) is 4.18. The van der Waals surface area contributed by atoms with Gasteiger partial charge in [0.15, 0.2) is 5.65 Å². The first-order chi connectivity index (χ1) is 12.7. The topological polar surface area (TPSA) is 69.0 Å². The maximum absolute atomic E-state index is 14.0. The van der Waals surface area contributed by atoms with Crippen molar-refractivity contribution in [3.05, 3.63) is 18.0 Å². The number of hydrogen-bond donors (Lipinski definition) is 0. The Labute approximate surface area is 156 Å². The molecule has 28 heavy (non-hydrogen) atoms. The molecule has 0 fully saturated rings. The first-order valence-corrected chi connectivity index (χ1v) is 8.14. The molecule has 1 atom stereocenters. The largest absolute Gasteiger partial charge is 0.443 e. The van der Waals surface area contributed by atoms with Crippen LogP contribution in [-0.4, -0.2) is 45.6 Å². The summed E-state index contributed by atoms with van der Waals surface area (Å²) in [4.78, 5) is 17.2. The van der Waals surface area contributed by atoms with Gasteiger partial charge in [0, 0.05) is 12.6 Å². The van der Waals surface area contributed by atoms with Crippen LogP contribution in [0.3, 0.4) is 0 Å². The van der Waals surface area contributed by atoms with Gasteiger partial charge in [0.1, 0.15) is 11.0 Å². The molecule has 1 unspecified atom stereocenters. The molecule has 1 amide bonds. The van der Waals surface area contributed by atoms with Gasteiger partial charge < -0.3 is 9.47 Å². The molecule has 0 aliphatic carbocycles. The van der Waals surface area contributed by atoms with Crippen molar-refractivity contribution >= 4 is 17.4 Å². The lowest BCUT2D eigenvalue weighted by atomic mass is 9.88. The van der Waals surface area contributed by atoms with Crippen LogP contribution in [0.25, 0.3) is 5.65 Å². The van der Waals surface area contributed by atoms with E-state index in [1.54, 1.807) is 20.8 Å². The Bertz CT molecular complexity index is 921. The fourth-order valence-corrected chi connectivity index (χ4v) is 2.95. The van der Waals surface area contributed by atoms with Crippen LogP contribution in [0.2, 0.25) is 0 Å². The number of nitrogens with zero attached hydrogens (tertiary/aromatic N) is 4. The molecule has 154 valence electrons. The quantitative estimate of drug-likeness (QED) is 0.705. The van der Waals surface area contributed by atoms with Crippen molar-refractivity contribution in [2.75, 3.05) is 11.4 Å². The number of carbonyl (C=O) groups excluding carboxylic acids is 1. The van der Waals surface area contributed by atoms with E-state index in [4.69, 9.17) is 4.74 Å². The summed E-state index contributed by atoms with van der Waals surface area (Å²) >= 11 is 0. The normalized spacial score (nSPS) is 20.0. The van der Waals surface area contributed by atoms with Gasteiger partial charge in [-0.2, -0.15) is 22.0 Å². The molecule has 0 saturated carbocycles. The monoisotopic (exact) mass is 408 g/mol. The van der Waals surface area contributed by atoms with Crippen LogP contribution in [0.1, 0.15) is 33.4 Å².